The molecule has 1 saturated heterocycles. The lowest BCUT2D eigenvalue weighted by atomic mass is 10.1. The molecule has 0 unspecified atom stereocenters. The predicted octanol–water partition coefficient (Wildman–Crippen LogP) is 0.763. The Morgan fingerprint density at radius 1 is 1.32 bits per heavy atom. The molecule has 1 aromatic rings. The Balaban J connectivity index is 2.12. The molecule has 0 aliphatic carbocycles. The van der Waals surface area contributed by atoms with Crippen LogP contribution >= 0.6 is 0 Å². The second-order valence-corrected chi connectivity index (χ2v) is 4.55. The highest BCUT2D eigenvalue weighted by atomic mass is 16.2. The smallest absolute Gasteiger partial charge is 0.264 e. The van der Waals surface area contributed by atoms with Gasteiger partial charge in [0.25, 0.3) is 5.91 Å². The van der Waals surface area contributed by atoms with E-state index in [4.69, 9.17) is 5.26 Å². The number of carbonyl (C=O) groups is 1. The predicted molar refractivity (Wildman–Crippen MR) is 71.9 cm³/mol. The summed E-state index contributed by atoms with van der Waals surface area (Å²) in [7, 11) is 2.03. The van der Waals surface area contributed by atoms with Gasteiger partial charge in [0.1, 0.15) is 11.6 Å². The van der Waals surface area contributed by atoms with Crippen molar-refractivity contribution in [3.63, 3.8) is 0 Å². The van der Waals surface area contributed by atoms with Crippen LogP contribution in [0, 0.1) is 11.3 Å². The molecule has 0 bridgehead atoms. The average Bonchev–Trinajstić information content (AvgIpc) is 2.46. The zero-order chi connectivity index (χ0) is 13.7. The molecular weight excluding hydrogens is 240 g/mol. The van der Waals surface area contributed by atoms with Gasteiger partial charge in [-0.3, -0.25) is 9.78 Å². The molecule has 2 heterocycles. The number of pyridine rings is 1. The second-order valence-electron chi connectivity index (χ2n) is 4.55. The average molecular weight is 256 g/mol. The summed E-state index contributed by atoms with van der Waals surface area (Å²) in [5.74, 6) is -0.188. The van der Waals surface area contributed by atoms with Crippen LogP contribution in [0.1, 0.15) is 5.56 Å². The van der Waals surface area contributed by atoms with Crippen LogP contribution in [0.15, 0.2) is 30.1 Å². The fourth-order valence-corrected chi connectivity index (χ4v) is 1.95. The maximum absolute atomic E-state index is 12.2. The number of nitriles is 1. The van der Waals surface area contributed by atoms with Crippen LogP contribution in [0.25, 0.3) is 6.08 Å². The number of hydrogen-bond donors (Lipinski definition) is 0. The van der Waals surface area contributed by atoms with Crippen molar-refractivity contribution in [3.8, 4) is 6.07 Å². The van der Waals surface area contributed by atoms with Gasteiger partial charge >= 0.3 is 0 Å². The van der Waals surface area contributed by atoms with Crippen LogP contribution in [0.4, 0.5) is 0 Å². The molecule has 1 fully saturated rings. The van der Waals surface area contributed by atoms with Crippen LogP contribution in [-0.2, 0) is 4.79 Å². The molecule has 0 radical (unpaired) electrons. The van der Waals surface area contributed by atoms with Crippen LogP contribution in [0.3, 0.4) is 0 Å². The first-order valence-corrected chi connectivity index (χ1v) is 6.20. The largest absolute Gasteiger partial charge is 0.335 e. The Hall–Kier alpha value is -2.19. The van der Waals surface area contributed by atoms with Gasteiger partial charge in [-0.2, -0.15) is 5.26 Å². The first kappa shape index (κ1) is 13.2. The van der Waals surface area contributed by atoms with E-state index in [-0.39, 0.29) is 11.5 Å². The molecule has 1 aromatic heterocycles. The monoisotopic (exact) mass is 256 g/mol. The Morgan fingerprint density at radius 3 is 2.53 bits per heavy atom. The molecule has 2 rings (SSSR count). The Bertz CT molecular complexity index is 510. The summed E-state index contributed by atoms with van der Waals surface area (Å²) in [5.41, 5.74) is 0.991. The molecule has 1 aliphatic heterocycles. The van der Waals surface area contributed by atoms with Crippen molar-refractivity contribution in [2.24, 2.45) is 0 Å². The van der Waals surface area contributed by atoms with E-state index in [1.807, 2.05) is 13.1 Å². The molecule has 0 saturated carbocycles. The number of nitrogens with zero attached hydrogens (tertiary/aromatic N) is 4. The van der Waals surface area contributed by atoms with Crippen molar-refractivity contribution in [2.75, 3.05) is 33.2 Å². The van der Waals surface area contributed by atoms with Gasteiger partial charge in [-0.1, -0.05) is 0 Å². The summed E-state index contributed by atoms with van der Waals surface area (Å²) in [6.07, 6.45) is 4.89. The number of rotatable bonds is 2. The number of hydrogen-bond acceptors (Lipinski definition) is 4. The third kappa shape index (κ3) is 3.39. The molecule has 5 heteroatoms. The first-order chi connectivity index (χ1) is 9.20. The van der Waals surface area contributed by atoms with Crippen molar-refractivity contribution in [1.82, 2.24) is 14.8 Å². The Labute approximate surface area is 112 Å². The minimum Gasteiger partial charge on any atom is -0.335 e. The standard InChI is InChI=1S/C14H16N4O/c1-17-6-8-18(9-7-17)14(19)13(11-15)10-12-2-4-16-5-3-12/h2-5,10H,6-9H2,1H3/b13-10+. The third-order valence-electron chi connectivity index (χ3n) is 3.16. The van der Waals surface area contributed by atoms with Gasteiger partial charge in [0, 0.05) is 38.6 Å². The first-order valence-electron chi connectivity index (χ1n) is 6.20. The van der Waals surface area contributed by atoms with Crippen LogP contribution in [0.5, 0.6) is 0 Å². The van der Waals surface area contributed by atoms with E-state index in [1.54, 1.807) is 35.5 Å². The normalized spacial score (nSPS) is 17.1. The minimum atomic E-state index is -0.188. The molecule has 0 spiro atoms. The fraction of sp³-hybridized carbons (Fsp3) is 0.357. The molecule has 0 aromatic carbocycles. The van der Waals surface area contributed by atoms with E-state index in [1.165, 1.54) is 0 Å². The highest BCUT2D eigenvalue weighted by molar-refractivity contribution is 6.01. The van der Waals surface area contributed by atoms with E-state index in [0.717, 1.165) is 18.7 Å². The third-order valence-corrected chi connectivity index (χ3v) is 3.16. The fourth-order valence-electron chi connectivity index (χ4n) is 1.95. The molecular formula is C14H16N4O. The molecule has 1 amide bonds. The number of aromatic nitrogens is 1. The van der Waals surface area contributed by atoms with E-state index in [2.05, 4.69) is 9.88 Å². The summed E-state index contributed by atoms with van der Waals surface area (Å²) < 4.78 is 0. The molecule has 0 N–H and O–H groups in total. The Morgan fingerprint density at radius 2 is 1.95 bits per heavy atom. The maximum Gasteiger partial charge on any atom is 0.264 e. The zero-order valence-corrected chi connectivity index (χ0v) is 10.9. The molecule has 19 heavy (non-hydrogen) atoms. The quantitative estimate of drug-likeness (QED) is 0.579. The molecule has 98 valence electrons. The van der Waals surface area contributed by atoms with Gasteiger partial charge in [0.15, 0.2) is 0 Å². The highest BCUT2D eigenvalue weighted by Crippen LogP contribution is 2.10. The van der Waals surface area contributed by atoms with Crippen molar-refractivity contribution in [2.45, 2.75) is 0 Å². The topological polar surface area (TPSA) is 60.2 Å². The van der Waals surface area contributed by atoms with Gasteiger partial charge in [-0.15, -0.1) is 0 Å². The SMILES string of the molecule is CN1CCN(C(=O)/C(C#N)=C/c2ccncc2)CC1. The summed E-state index contributed by atoms with van der Waals surface area (Å²) in [4.78, 5) is 20.1. The summed E-state index contributed by atoms with van der Waals surface area (Å²) in [6.45, 7) is 3.04. The summed E-state index contributed by atoms with van der Waals surface area (Å²) in [5, 5.41) is 9.15. The number of carbonyl (C=O) groups excluding carboxylic acids is 1. The lowest BCUT2D eigenvalue weighted by Crippen LogP contribution is -2.47. The highest BCUT2D eigenvalue weighted by Gasteiger charge is 2.21. The lowest BCUT2D eigenvalue weighted by molar-refractivity contribution is -0.128. The van der Waals surface area contributed by atoms with E-state index < -0.39 is 0 Å². The van der Waals surface area contributed by atoms with Crippen LogP contribution in [0.2, 0.25) is 0 Å². The number of likely N-dealkylation sites (N-methyl/N-ethyl adjacent to an activating group) is 1. The van der Waals surface area contributed by atoms with Crippen molar-refractivity contribution in [3.05, 3.63) is 35.7 Å². The summed E-state index contributed by atoms with van der Waals surface area (Å²) >= 11 is 0. The number of amides is 1. The second kappa shape index (κ2) is 6.12. The van der Waals surface area contributed by atoms with Gasteiger partial charge in [-0.05, 0) is 30.8 Å². The van der Waals surface area contributed by atoms with Gasteiger partial charge < -0.3 is 9.80 Å². The van der Waals surface area contributed by atoms with Gasteiger partial charge in [-0.25, -0.2) is 0 Å². The van der Waals surface area contributed by atoms with Gasteiger partial charge in [0.05, 0.1) is 0 Å². The van der Waals surface area contributed by atoms with E-state index in [0.29, 0.717) is 13.1 Å². The van der Waals surface area contributed by atoms with E-state index in [9.17, 15) is 4.79 Å². The maximum atomic E-state index is 12.2. The van der Waals surface area contributed by atoms with E-state index >= 15 is 0 Å². The summed E-state index contributed by atoms with van der Waals surface area (Å²) in [6, 6.07) is 5.54. The number of piperazine rings is 1. The van der Waals surface area contributed by atoms with Gasteiger partial charge in [0.2, 0.25) is 0 Å². The van der Waals surface area contributed by atoms with Crippen molar-refractivity contribution < 1.29 is 4.79 Å². The van der Waals surface area contributed by atoms with Crippen LogP contribution in [-0.4, -0.2) is 53.9 Å². The van der Waals surface area contributed by atoms with Crippen molar-refractivity contribution in [1.29, 1.82) is 5.26 Å². The van der Waals surface area contributed by atoms with Crippen LogP contribution < -0.4 is 0 Å². The molecule has 5 nitrogen and oxygen atoms in total. The minimum absolute atomic E-state index is 0.177. The van der Waals surface area contributed by atoms with Crippen molar-refractivity contribution >= 4 is 12.0 Å². The lowest BCUT2D eigenvalue weighted by Gasteiger charge is -2.32. The molecule has 1 aliphatic rings. The zero-order valence-electron chi connectivity index (χ0n) is 10.9. The molecule has 0 atom stereocenters. The Kier molecular flexibility index (Phi) is 4.26.